The van der Waals surface area contributed by atoms with Crippen molar-refractivity contribution in [1.82, 2.24) is 0 Å². The van der Waals surface area contributed by atoms with Gasteiger partial charge in [-0.2, -0.15) is 0 Å². The zero-order chi connectivity index (χ0) is 52.4. The summed E-state index contributed by atoms with van der Waals surface area (Å²) in [5, 5.41) is 39.2. The lowest BCUT2D eigenvalue weighted by molar-refractivity contribution is 0.0682. The van der Waals surface area contributed by atoms with Crippen LogP contribution in [-0.4, -0.2) is 44.3 Å². The van der Waals surface area contributed by atoms with Crippen LogP contribution in [0.2, 0.25) is 10.0 Å². The highest BCUT2D eigenvalue weighted by Gasteiger charge is 2.62. The van der Waals surface area contributed by atoms with Crippen LogP contribution in [0.3, 0.4) is 0 Å². The fraction of sp³-hybridized carbons (Fsp3) is 0.115. The van der Waals surface area contributed by atoms with Gasteiger partial charge in [-0.15, -0.1) is 0 Å². The van der Waals surface area contributed by atoms with Crippen LogP contribution in [0.25, 0.3) is 5.57 Å². The highest BCUT2D eigenvalue weighted by Crippen LogP contribution is 2.67. The Labute approximate surface area is 440 Å². The SMILES string of the molecule is [CH2][C]([CH2])[C][C][C][C]([CH2])[C@H]1[C][C][C@H]2[C@@H]3[C][C][C]4[C][C@@H]([C][C][C]=C(c5cc(Cl)c(O[C]c6cccc(C(=O)O)c6)c(C(=O)O)c5)c5cc(Cl)c(O[C]c6cccc(C(=O)O)c6)c(C(=O)O)c5)[C][C][C@]4([CH2])[C@H]3[C][C][C@]12[CH2]. The van der Waals surface area contributed by atoms with Crippen molar-refractivity contribution in [2.75, 3.05) is 0 Å². The van der Waals surface area contributed by atoms with Crippen molar-refractivity contribution in [3.05, 3.63) is 289 Å². The molecule has 0 heterocycles. The van der Waals surface area contributed by atoms with Gasteiger partial charge < -0.3 is 29.9 Å². The van der Waals surface area contributed by atoms with Crippen LogP contribution in [0.15, 0.2) is 72.8 Å². The smallest absolute Gasteiger partial charge is 0.339 e. The maximum Gasteiger partial charge on any atom is 0.339 e. The van der Waals surface area contributed by atoms with Crippen molar-refractivity contribution in [3.8, 4) is 11.5 Å². The van der Waals surface area contributed by atoms with Crippen LogP contribution in [0.4, 0.5) is 0 Å². The minimum absolute atomic E-state index is 0.00901. The van der Waals surface area contributed by atoms with E-state index in [-0.39, 0.29) is 72.3 Å². The maximum atomic E-state index is 12.8. The standard InChI is InChI=1S/C61H31Cl2O10/c1-35(2)10-6-11-36(3)49-20-21-50-46-19-18-44-28-37(22-24-60(44,4)51(46)23-25-61(49,50)5)12-9-17-45(42-29-47(58(68)69)54(52(62)31-42)72-33-38-13-7-15-40(26-38)56(64)65)43-30-48(59(70)71)55(53(63)32-43)73-34-39-14-8-16-41(27-39)57(66)67/h7-8,13-16,26-27,29-32,37,46,49-51H,1-5H2,(H,64,65)(H,66,67)(H,68,69)(H,70,71)/t37-,46-,49+,50-,51-,60-,61+/m0/s1. The normalized spacial score (nSPS) is 24.6. The monoisotopic (exact) mass is 993 g/mol. The van der Waals surface area contributed by atoms with Crippen LogP contribution in [-0.2, 0) is 0 Å². The van der Waals surface area contributed by atoms with Gasteiger partial charge in [0, 0.05) is 24.0 Å². The molecule has 0 bridgehead atoms. The summed E-state index contributed by atoms with van der Waals surface area (Å²) in [6, 6.07) is 16.1. The summed E-state index contributed by atoms with van der Waals surface area (Å²) in [4.78, 5) is 48.7. The number of carbonyl (C=O) groups is 4. The first kappa shape index (κ1) is 54.0. The number of hydrogen-bond acceptors (Lipinski definition) is 6. The number of ether oxygens (including phenoxy) is 2. The van der Waals surface area contributed by atoms with E-state index in [9.17, 15) is 39.6 Å². The number of fused-ring (bicyclic) bond motifs is 5. The van der Waals surface area contributed by atoms with E-state index in [0.29, 0.717) is 17.8 Å². The molecule has 0 aromatic heterocycles. The largest absolute Gasteiger partial charge is 0.478 e. The number of benzene rings is 4. The summed E-state index contributed by atoms with van der Waals surface area (Å²) in [5.41, 5.74) is -2.59. The minimum atomic E-state index is -1.49. The molecule has 4 fully saturated rings. The predicted molar refractivity (Wildman–Crippen MR) is 260 cm³/mol. The third kappa shape index (κ3) is 11.7. The van der Waals surface area contributed by atoms with Crippen LogP contribution in [0.5, 0.6) is 11.5 Å². The number of rotatable bonds is 20. The third-order valence-corrected chi connectivity index (χ3v) is 12.4. The van der Waals surface area contributed by atoms with E-state index in [1.165, 1.54) is 72.8 Å². The number of halogens is 2. The van der Waals surface area contributed by atoms with Crippen molar-refractivity contribution < 1.29 is 49.1 Å². The molecule has 7 atom stereocenters. The molecule has 12 heteroatoms. The second-order valence-corrected chi connectivity index (χ2v) is 17.5. The summed E-state index contributed by atoms with van der Waals surface area (Å²) in [5.74, 6) is -7.08. The summed E-state index contributed by atoms with van der Waals surface area (Å²) in [6.07, 6.45) is 46.7. The molecule has 4 aliphatic rings. The molecule has 0 saturated heterocycles. The topological polar surface area (TPSA) is 168 Å². The van der Waals surface area contributed by atoms with Gasteiger partial charge >= 0.3 is 23.9 Å². The first-order valence-electron chi connectivity index (χ1n) is 21.5. The van der Waals surface area contributed by atoms with Gasteiger partial charge in [0.15, 0.2) is 11.5 Å². The molecule has 4 N–H and O–H groups in total. The lowest BCUT2D eigenvalue weighted by Gasteiger charge is -2.59. The van der Waals surface area contributed by atoms with Crippen LogP contribution in [0, 0.1) is 202 Å². The Morgan fingerprint density at radius 3 is 1.74 bits per heavy atom. The fourth-order valence-corrected chi connectivity index (χ4v) is 8.76. The fourth-order valence-electron chi connectivity index (χ4n) is 8.25. The van der Waals surface area contributed by atoms with Crippen molar-refractivity contribution >= 4 is 52.7 Å². The predicted octanol–water partition coefficient (Wildman–Crippen LogP) is 10.1. The number of carboxylic acid groups (broad SMARTS) is 4. The summed E-state index contributed by atoms with van der Waals surface area (Å²) < 4.78 is 11.2. The molecule has 8 rings (SSSR count). The zero-order valence-corrected chi connectivity index (χ0v) is 39.4. The molecule has 0 aliphatic heterocycles. The average Bonchev–Trinajstić information content (AvgIpc) is 3.71. The van der Waals surface area contributed by atoms with Crippen molar-refractivity contribution in [3.63, 3.8) is 0 Å². The third-order valence-electron chi connectivity index (χ3n) is 11.8. The van der Waals surface area contributed by atoms with E-state index in [4.69, 9.17) is 32.7 Å². The van der Waals surface area contributed by atoms with E-state index in [2.05, 4.69) is 144 Å². The molecule has 4 aliphatic carbocycles. The highest BCUT2D eigenvalue weighted by molar-refractivity contribution is 6.33. The van der Waals surface area contributed by atoms with Crippen molar-refractivity contribution in [1.29, 1.82) is 0 Å². The Kier molecular flexibility index (Phi) is 16.7. The molecule has 73 heavy (non-hydrogen) atoms. The Morgan fingerprint density at radius 1 is 0.630 bits per heavy atom. The first-order valence-corrected chi connectivity index (χ1v) is 22.2. The number of carboxylic acids is 4. The van der Waals surface area contributed by atoms with Crippen LogP contribution >= 0.6 is 23.2 Å². The van der Waals surface area contributed by atoms with E-state index in [1.807, 2.05) is 0 Å². The Bertz CT molecular complexity index is 2610. The minimum Gasteiger partial charge on any atom is -0.478 e. The number of hydrogen-bond donors (Lipinski definition) is 4. The molecule has 0 amide bonds. The van der Waals surface area contributed by atoms with Gasteiger partial charge in [0.1, 0.15) is 11.1 Å². The van der Waals surface area contributed by atoms with Gasteiger partial charge in [0.25, 0.3) is 0 Å². The van der Waals surface area contributed by atoms with Gasteiger partial charge in [0.05, 0.1) is 21.2 Å². The van der Waals surface area contributed by atoms with E-state index in [0.717, 1.165) is 0 Å². The van der Waals surface area contributed by atoms with E-state index >= 15 is 0 Å². The second kappa shape index (κ2) is 22.7. The molecule has 41 radical (unpaired) electrons. The van der Waals surface area contributed by atoms with Gasteiger partial charge in [-0.3, -0.25) is 0 Å². The van der Waals surface area contributed by atoms with Crippen molar-refractivity contribution in [2.45, 2.75) is 0 Å². The Hall–Kier alpha value is -5.32. The molecular weight excluding hydrogens is 964 g/mol. The van der Waals surface area contributed by atoms with Crippen molar-refractivity contribution in [2.24, 2.45) is 40.4 Å². The van der Waals surface area contributed by atoms with Gasteiger partial charge in [-0.1, -0.05) is 47.5 Å². The quantitative estimate of drug-likeness (QED) is 0.0669. The lowest BCUT2D eigenvalue weighted by Crippen LogP contribution is -2.54. The molecular formula is C61H31Cl2O10. The first-order chi connectivity index (χ1) is 34.8. The van der Waals surface area contributed by atoms with Gasteiger partial charge in [-0.05, 0) is 241 Å². The molecule has 4 aromatic rings. The Balaban J connectivity index is 1.04. The summed E-state index contributed by atoms with van der Waals surface area (Å²) in [6.45, 7) is 25.5. The second-order valence-electron chi connectivity index (χ2n) is 16.7. The molecule has 0 unspecified atom stereocenters. The molecule has 10 nitrogen and oxygen atoms in total. The number of allylic oxidation sites excluding steroid dienone is 1. The van der Waals surface area contributed by atoms with Gasteiger partial charge in [0.2, 0.25) is 13.2 Å². The number of aromatic carboxylic acids is 4. The van der Waals surface area contributed by atoms with Crippen LogP contribution < -0.4 is 9.47 Å². The van der Waals surface area contributed by atoms with E-state index in [1.54, 1.807) is 0 Å². The Morgan fingerprint density at radius 2 is 1.21 bits per heavy atom. The van der Waals surface area contributed by atoms with Gasteiger partial charge in [-0.25, -0.2) is 19.2 Å². The summed E-state index contributed by atoms with van der Waals surface area (Å²) >= 11 is 13.4. The maximum absolute atomic E-state index is 12.8. The lowest BCUT2D eigenvalue weighted by atomic mass is 9.44. The van der Waals surface area contributed by atoms with Crippen LogP contribution in [0.1, 0.15) is 63.7 Å². The van der Waals surface area contributed by atoms with E-state index < -0.39 is 63.6 Å². The highest BCUT2D eigenvalue weighted by atomic mass is 35.5. The molecule has 0 spiro atoms. The molecule has 349 valence electrons. The summed E-state index contributed by atoms with van der Waals surface area (Å²) in [7, 11) is 0. The average molecular weight is 995 g/mol. The molecule has 4 saturated carbocycles. The zero-order valence-electron chi connectivity index (χ0n) is 37.8. The molecule has 4 aromatic carbocycles.